The molecule has 0 aliphatic heterocycles. The number of allylic oxidation sites excluding steroid dienone is 3. The fourth-order valence-electron chi connectivity index (χ4n) is 1.63. The van der Waals surface area contributed by atoms with E-state index in [0.29, 0.717) is 0 Å². The summed E-state index contributed by atoms with van der Waals surface area (Å²) in [4.78, 5) is 10.7. The van der Waals surface area contributed by atoms with Crippen LogP contribution in [0.4, 0.5) is 0 Å². The highest BCUT2D eigenvalue weighted by Crippen LogP contribution is 2.38. The van der Waals surface area contributed by atoms with Gasteiger partial charge in [0, 0.05) is 17.7 Å². The lowest BCUT2D eigenvalue weighted by Gasteiger charge is -2.01. The number of aromatic amines is 1. The highest BCUT2D eigenvalue weighted by atomic mass is 16.4. The van der Waals surface area contributed by atoms with Gasteiger partial charge in [-0.3, -0.25) is 5.10 Å². The van der Waals surface area contributed by atoms with E-state index in [2.05, 4.69) is 16.3 Å². The summed E-state index contributed by atoms with van der Waals surface area (Å²) in [6, 6.07) is 0. The molecule has 3 rings (SSSR count). The number of aromatic carboxylic acids is 1. The van der Waals surface area contributed by atoms with Crippen LogP contribution in [0.1, 0.15) is 21.7 Å². The van der Waals surface area contributed by atoms with Crippen LogP contribution < -0.4 is 0 Å². The van der Waals surface area contributed by atoms with E-state index in [-0.39, 0.29) is 5.69 Å². The molecule has 0 saturated carbocycles. The average molecular weight is 174 g/mol. The lowest BCUT2D eigenvalue weighted by Crippen LogP contribution is -2.00. The van der Waals surface area contributed by atoms with Crippen molar-refractivity contribution in [2.45, 2.75) is 6.42 Å². The first kappa shape index (κ1) is 6.65. The van der Waals surface area contributed by atoms with Crippen LogP contribution in [0.25, 0.3) is 6.08 Å². The van der Waals surface area contributed by atoms with E-state index in [0.717, 1.165) is 23.3 Å². The second kappa shape index (κ2) is 1.90. The van der Waals surface area contributed by atoms with Crippen molar-refractivity contribution in [3.8, 4) is 0 Å². The number of hydrogen-bond acceptors (Lipinski definition) is 2. The van der Waals surface area contributed by atoms with Crippen LogP contribution >= 0.6 is 0 Å². The van der Waals surface area contributed by atoms with Crippen molar-refractivity contribution in [1.82, 2.24) is 10.2 Å². The van der Waals surface area contributed by atoms with Gasteiger partial charge in [-0.25, -0.2) is 4.79 Å². The second-order valence-corrected chi connectivity index (χ2v) is 3.22. The summed E-state index contributed by atoms with van der Waals surface area (Å²) in [7, 11) is 0. The van der Waals surface area contributed by atoms with E-state index >= 15 is 0 Å². The molecule has 0 radical (unpaired) electrons. The molecule has 64 valence electrons. The molecule has 0 spiro atoms. The van der Waals surface area contributed by atoms with Gasteiger partial charge in [0.1, 0.15) is 0 Å². The standard InChI is InChI=1S/C9H6N2O2/c12-9(13)8-6-2-4-1-5(4)3-7(6)10-11-8/h1-2H,3H2,(H,10,11)(H,12,13). The fourth-order valence-corrected chi connectivity index (χ4v) is 1.63. The first-order valence-electron chi connectivity index (χ1n) is 3.99. The van der Waals surface area contributed by atoms with Gasteiger partial charge in [0.2, 0.25) is 0 Å². The highest BCUT2D eigenvalue weighted by molar-refractivity contribution is 5.93. The van der Waals surface area contributed by atoms with Crippen LogP contribution in [-0.2, 0) is 6.42 Å². The van der Waals surface area contributed by atoms with Crippen LogP contribution in [0.2, 0.25) is 0 Å². The van der Waals surface area contributed by atoms with Gasteiger partial charge in [-0.2, -0.15) is 5.10 Å². The van der Waals surface area contributed by atoms with Gasteiger partial charge in [0.25, 0.3) is 0 Å². The van der Waals surface area contributed by atoms with Crippen LogP contribution in [0.5, 0.6) is 0 Å². The Bertz CT molecular complexity index is 480. The van der Waals surface area contributed by atoms with Gasteiger partial charge in [0.05, 0.1) is 0 Å². The molecular formula is C9H6N2O2. The van der Waals surface area contributed by atoms with Gasteiger partial charge < -0.3 is 5.11 Å². The van der Waals surface area contributed by atoms with Gasteiger partial charge in [0.15, 0.2) is 5.69 Å². The zero-order chi connectivity index (χ0) is 9.00. The first-order chi connectivity index (χ1) is 6.25. The molecular weight excluding hydrogens is 168 g/mol. The molecule has 0 aromatic carbocycles. The Morgan fingerprint density at radius 2 is 2.38 bits per heavy atom. The van der Waals surface area contributed by atoms with E-state index in [1.54, 1.807) is 0 Å². The van der Waals surface area contributed by atoms with Crippen LogP contribution in [-0.4, -0.2) is 21.3 Å². The summed E-state index contributed by atoms with van der Waals surface area (Å²) in [5, 5.41) is 15.3. The summed E-state index contributed by atoms with van der Waals surface area (Å²) in [6.07, 6.45) is 4.72. The predicted octanol–water partition coefficient (Wildman–Crippen LogP) is 0.987. The lowest BCUT2D eigenvalue weighted by molar-refractivity contribution is 0.0690. The summed E-state index contributed by atoms with van der Waals surface area (Å²) in [6.45, 7) is 0. The number of fused-ring (bicyclic) bond motifs is 2. The Kier molecular flexibility index (Phi) is 0.974. The van der Waals surface area contributed by atoms with Crippen molar-refractivity contribution in [2.24, 2.45) is 0 Å². The normalized spacial score (nSPS) is 16.9. The van der Waals surface area contributed by atoms with Gasteiger partial charge in [-0.05, 0) is 17.2 Å². The second-order valence-electron chi connectivity index (χ2n) is 3.22. The van der Waals surface area contributed by atoms with Crippen molar-refractivity contribution < 1.29 is 9.90 Å². The molecule has 0 saturated heterocycles. The van der Waals surface area contributed by atoms with Crippen molar-refractivity contribution in [3.63, 3.8) is 0 Å². The maximum atomic E-state index is 10.7. The summed E-state index contributed by atoms with van der Waals surface area (Å²) < 4.78 is 0. The molecule has 1 aromatic rings. The third-order valence-electron chi connectivity index (χ3n) is 2.37. The smallest absolute Gasteiger partial charge is 0.357 e. The minimum absolute atomic E-state index is 0.127. The van der Waals surface area contributed by atoms with E-state index in [4.69, 9.17) is 5.11 Å². The highest BCUT2D eigenvalue weighted by Gasteiger charge is 2.27. The Hall–Kier alpha value is -1.84. The molecule has 2 N–H and O–H groups in total. The third kappa shape index (κ3) is 0.796. The molecule has 0 bridgehead atoms. The number of nitrogens with zero attached hydrogens (tertiary/aromatic N) is 1. The Balaban J connectivity index is 2.19. The minimum Gasteiger partial charge on any atom is -0.476 e. The number of hydrogen-bond donors (Lipinski definition) is 2. The maximum absolute atomic E-state index is 10.7. The van der Waals surface area contributed by atoms with Gasteiger partial charge in [-0.15, -0.1) is 0 Å². The minimum atomic E-state index is -0.974. The Morgan fingerprint density at radius 1 is 1.54 bits per heavy atom. The number of carbonyl (C=O) groups is 1. The Labute approximate surface area is 73.6 Å². The van der Waals surface area contributed by atoms with Crippen molar-refractivity contribution in [2.75, 3.05) is 0 Å². The molecule has 2 aliphatic rings. The summed E-state index contributed by atoms with van der Waals surface area (Å²) >= 11 is 0. The fraction of sp³-hybridized carbons (Fsp3) is 0.111. The van der Waals surface area contributed by atoms with E-state index in [1.165, 1.54) is 5.57 Å². The van der Waals surface area contributed by atoms with Crippen LogP contribution in [0.15, 0.2) is 17.2 Å². The van der Waals surface area contributed by atoms with Crippen molar-refractivity contribution in [1.29, 1.82) is 0 Å². The molecule has 0 fully saturated rings. The SMILES string of the molecule is O=C(O)c1n[nH]c2c1C=C1C=C1C2. The lowest BCUT2D eigenvalue weighted by atomic mass is 10.0. The molecule has 0 atom stereocenters. The maximum Gasteiger partial charge on any atom is 0.357 e. The zero-order valence-corrected chi connectivity index (χ0v) is 6.66. The number of nitrogens with one attached hydrogen (secondary N) is 1. The molecule has 0 unspecified atom stereocenters. The quantitative estimate of drug-likeness (QED) is 0.667. The Morgan fingerprint density at radius 3 is 3.15 bits per heavy atom. The molecule has 13 heavy (non-hydrogen) atoms. The molecule has 4 heteroatoms. The summed E-state index contributed by atoms with van der Waals surface area (Å²) in [5.74, 6) is -0.974. The van der Waals surface area contributed by atoms with E-state index in [1.807, 2.05) is 6.08 Å². The summed E-state index contributed by atoms with van der Waals surface area (Å²) in [5.41, 5.74) is 4.22. The molecule has 0 amide bonds. The number of carboxylic acid groups (broad SMARTS) is 1. The third-order valence-corrected chi connectivity index (χ3v) is 2.37. The molecule has 2 aliphatic carbocycles. The van der Waals surface area contributed by atoms with Crippen LogP contribution in [0, 0.1) is 0 Å². The topological polar surface area (TPSA) is 66.0 Å². The van der Waals surface area contributed by atoms with Gasteiger partial charge >= 0.3 is 5.97 Å². The number of H-pyrrole nitrogens is 1. The average Bonchev–Trinajstić information content (AvgIpc) is 2.70. The number of rotatable bonds is 1. The van der Waals surface area contributed by atoms with Gasteiger partial charge in [-0.1, -0.05) is 6.08 Å². The first-order valence-corrected chi connectivity index (χ1v) is 3.99. The van der Waals surface area contributed by atoms with Crippen molar-refractivity contribution >= 4 is 12.0 Å². The molecule has 1 heterocycles. The van der Waals surface area contributed by atoms with Crippen molar-refractivity contribution in [3.05, 3.63) is 34.2 Å². The van der Waals surface area contributed by atoms with E-state index in [9.17, 15) is 4.79 Å². The largest absolute Gasteiger partial charge is 0.476 e. The number of aromatic nitrogens is 2. The number of carboxylic acids is 1. The zero-order valence-electron chi connectivity index (χ0n) is 6.66. The van der Waals surface area contributed by atoms with E-state index < -0.39 is 5.97 Å². The monoisotopic (exact) mass is 174 g/mol. The molecule has 4 nitrogen and oxygen atoms in total. The predicted molar refractivity (Wildman–Crippen MR) is 45.3 cm³/mol. The molecule has 1 aromatic heterocycles. The van der Waals surface area contributed by atoms with Crippen LogP contribution in [0.3, 0.4) is 0 Å².